The number of hydrogen-bond acceptors (Lipinski definition) is 4. The summed E-state index contributed by atoms with van der Waals surface area (Å²) in [6.07, 6.45) is 0. The summed E-state index contributed by atoms with van der Waals surface area (Å²) in [6, 6.07) is 4.98. The van der Waals surface area contributed by atoms with Gasteiger partial charge in [-0.2, -0.15) is 4.98 Å². The zero-order chi connectivity index (χ0) is 14.9. The van der Waals surface area contributed by atoms with Crippen LogP contribution in [0.1, 0.15) is 16.1 Å². The quantitative estimate of drug-likeness (QED) is 0.895. The predicted molar refractivity (Wildman–Crippen MR) is 76.2 cm³/mol. The maximum absolute atomic E-state index is 11.5. The van der Waals surface area contributed by atoms with Gasteiger partial charge in [-0.05, 0) is 41.1 Å². The highest BCUT2D eigenvalue weighted by molar-refractivity contribution is 9.10. The molecule has 7 heteroatoms. The van der Waals surface area contributed by atoms with Crippen LogP contribution in [-0.4, -0.2) is 28.2 Å². The molecule has 1 aromatic heterocycles. The van der Waals surface area contributed by atoms with Crippen LogP contribution in [0, 0.1) is 6.92 Å². The predicted octanol–water partition coefficient (Wildman–Crippen LogP) is 2.21. The second kappa shape index (κ2) is 5.46. The van der Waals surface area contributed by atoms with Gasteiger partial charge >= 0.3 is 11.7 Å². The molecule has 0 aliphatic rings. The Morgan fingerprint density at radius 2 is 2.15 bits per heavy atom. The summed E-state index contributed by atoms with van der Waals surface area (Å²) in [5, 5.41) is 9.27. The van der Waals surface area contributed by atoms with E-state index in [0.29, 0.717) is 15.8 Å². The van der Waals surface area contributed by atoms with Gasteiger partial charge in [0.1, 0.15) is 11.3 Å². The number of aromatic nitrogens is 2. The molecule has 6 nitrogen and oxygen atoms in total. The zero-order valence-electron chi connectivity index (χ0n) is 10.7. The lowest BCUT2D eigenvalue weighted by molar-refractivity contribution is 0.0696. The highest BCUT2D eigenvalue weighted by Crippen LogP contribution is 2.31. The minimum Gasteiger partial charge on any atom is -0.496 e. The molecule has 0 atom stereocenters. The fraction of sp³-hybridized carbons (Fsp3) is 0.154. The first-order valence-corrected chi connectivity index (χ1v) is 6.41. The molecule has 20 heavy (non-hydrogen) atoms. The summed E-state index contributed by atoms with van der Waals surface area (Å²) < 4.78 is 5.76. The number of benzene rings is 1. The second-order valence-electron chi connectivity index (χ2n) is 4.05. The van der Waals surface area contributed by atoms with Crippen molar-refractivity contribution in [1.29, 1.82) is 0 Å². The monoisotopic (exact) mass is 338 g/mol. The van der Waals surface area contributed by atoms with Gasteiger partial charge in [0, 0.05) is 11.3 Å². The highest BCUT2D eigenvalue weighted by atomic mass is 79.9. The Morgan fingerprint density at radius 3 is 2.70 bits per heavy atom. The average molecular weight is 339 g/mol. The summed E-state index contributed by atoms with van der Waals surface area (Å²) in [6.45, 7) is 1.52. The van der Waals surface area contributed by atoms with Crippen molar-refractivity contribution in [2.75, 3.05) is 7.11 Å². The fourth-order valence-electron chi connectivity index (χ4n) is 1.87. The molecule has 104 valence electrons. The Balaban J connectivity index is 2.72. The number of nitrogens with zero attached hydrogens (tertiary/aromatic N) is 1. The van der Waals surface area contributed by atoms with Gasteiger partial charge in [0.15, 0.2) is 0 Å². The number of aromatic carboxylic acids is 1. The molecular formula is C13H11BrN2O4. The van der Waals surface area contributed by atoms with E-state index in [-0.39, 0.29) is 17.0 Å². The molecule has 1 aromatic carbocycles. The lowest BCUT2D eigenvalue weighted by Gasteiger charge is -2.09. The summed E-state index contributed by atoms with van der Waals surface area (Å²) >= 11 is 3.32. The standard InChI is InChI=1S/C13H11BrN2O4/c1-6-10(12(17)18)11(16-13(19)15-6)7-3-4-9(20-2)8(14)5-7/h3-5H,1-2H3,(H,17,18)(H,15,16,19). The Bertz CT molecular complexity index is 740. The topological polar surface area (TPSA) is 92.3 Å². The number of carbonyl (C=O) groups is 1. The molecular weight excluding hydrogens is 328 g/mol. The van der Waals surface area contributed by atoms with Crippen LogP contribution in [0.5, 0.6) is 5.75 Å². The van der Waals surface area contributed by atoms with Crippen LogP contribution < -0.4 is 10.4 Å². The Hall–Kier alpha value is -2.15. The molecule has 2 rings (SSSR count). The number of carboxylic acids is 1. The lowest BCUT2D eigenvalue weighted by Crippen LogP contribution is -2.18. The lowest BCUT2D eigenvalue weighted by atomic mass is 10.0. The largest absolute Gasteiger partial charge is 0.496 e. The normalized spacial score (nSPS) is 10.3. The Kier molecular flexibility index (Phi) is 3.89. The van der Waals surface area contributed by atoms with E-state index >= 15 is 0 Å². The van der Waals surface area contributed by atoms with Crippen LogP contribution in [0.3, 0.4) is 0 Å². The van der Waals surface area contributed by atoms with Crippen molar-refractivity contribution in [2.45, 2.75) is 6.92 Å². The fourth-order valence-corrected chi connectivity index (χ4v) is 2.41. The van der Waals surface area contributed by atoms with Crippen molar-refractivity contribution >= 4 is 21.9 Å². The molecule has 0 aliphatic carbocycles. The van der Waals surface area contributed by atoms with Gasteiger partial charge in [0.05, 0.1) is 17.3 Å². The number of hydrogen-bond donors (Lipinski definition) is 2. The zero-order valence-corrected chi connectivity index (χ0v) is 12.3. The second-order valence-corrected chi connectivity index (χ2v) is 4.90. The van der Waals surface area contributed by atoms with Gasteiger partial charge in [-0.1, -0.05) is 0 Å². The van der Waals surface area contributed by atoms with Crippen LogP contribution in [0.2, 0.25) is 0 Å². The molecule has 0 radical (unpaired) electrons. The molecule has 2 N–H and O–H groups in total. The third-order valence-electron chi connectivity index (χ3n) is 2.76. The Morgan fingerprint density at radius 1 is 1.45 bits per heavy atom. The van der Waals surface area contributed by atoms with Crippen molar-refractivity contribution in [3.05, 3.63) is 44.4 Å². The number of aryl methyl sites for hydroxylation is 1. The summed E-state index contributed by atoms with van der Waals surface area (Å²) in [5.74, 6) is -0.541. The number of carboxylic acid groups (broad SMARTS) is 1. The van der Waals surface area contributed by atoms with E-state index in [0.717, 1.165) is 0 Å². The van der Waals surface area contributed by atoms with E-state index in [9.17, 15) is 14.7 Å². The SMILES string of the molecule is COc1ccc(-c2nc(=O)[nH]c(C)c2C(=O)O)cc1Br. The number of methoxy groups -OCH3 is 1. The minimum absolute atomic E-state index is 0.0262. The smallest absolute Gasteiger partial charge is 0.345 e. The van der Waals surface area contributed by atoms with Gasteiger partial charge in [0.2, 0.25) is 0 Å². The van der Waals surface area contributed by atoms with Crippen LogP contribution in [0.25, 0.3) is 11.3 Å². The summed E-state index contributed by atoms with van der Waals surface area (Å²) in [7, 11) is 1.53. The number of H-pyrrole nitrogens is 1. The first-order valence-electron chi connectivity index (χ1n) is 5.62. The Labute approximate surface area is 122 Å². The molecule has 0 saturated heterocycles. The number of halogens is 1. The van der Waals surface area contributed by atoms with Crippen LogP contribution >= 0.6 is 15.9 Å². The van der Waals surface area contributed by atoms with E-state index < -0.39 is 11.7 Å². The van der Waals surface area contributed by atoms with Crippen LogP contribution in [0.4, 0.5) is 0 Å². The molecule has 0 fully saturated rings. The average Bonchev–Trinajstić information content (AvgIpc) is 2.37. The summed E-state index contributed by atoms with van der Waals surface area (Å²) in [4.78, 5) is 29.0. The molecule has 0 saturated carbocycles. The van der Waals surface area contributed by atoms with Crippen molar-refractivity contribution < 1.29 is 14.6 Å². The molecule has 0 spiro atoms. The molecule has 0 amide bonds. The number of ether oxygens (including phenoxy) is 1. The number of rotatable bonds is 3. The molecule has 0 aliphatic heterocycles. The van der Waals surface area contributed by atoms with Crippen molar-refractivity contribution in [3.8, 4) is 17.0 Å². The van der Waals surface area contributed by atoms with Crippen molar-refractivity contribution in [1.82, 2.24) is 9.97 Å². The van der Waals surface area contributed by atoms with E-state index in [1.807, 2.05) is 0 Å². The molecule has 0 unspecified atom stereocenters. The van der Waals surface area contributed by atoms with Gasteiger partial charge in [-0.25, -0.2) is 9.59 Å². The molecule has 1 heterocycles. The maximum atomic E-state index is 11.5. The van der Waals surface area contributed by atoms with E-state index in [2.05, 4.69) is 25.9 Å². The van der Waals surface area contributed by atoms with Gasteiger partial charge in [-0.15, -0.1) is 0 Å². The third-order valence-corrected chi connectivity index (χ3v) is 3.38. The van der Waals surface area contributed by atoms with Gasteiger partial charge in [0.25, 0.3) is 0 Å². The van der Waals surface area contributed by atoms with E-state index in [4.69, 9.17) is 4.74 Å². The minimum atomic E-state index is -1.15. The van der Waals surface area contributed by atoms with Crippen molar-refractivity contribution in [2.24, 2.45) is 0 Å². The van der Waals surface area contributed by atoms with E-state index in [1.165, 1.54) is 14.0 Å². The van der Waals surface area contributed by atoms with Gasteiger partial charge < -0.3 is 14.8 Å². The number of nitrogens with one attached hydrogen (secondary N) is 1. The molecule has 0 bridgehead atoms. The maximum Gasteiger partial charge on any atom is 0.345 e. The van der Waals surface area contributed by atoms with Crippen molar-refractivity contribution in [3.63, 3.8) is 0 Å². The third kappa shape index (κ3) is 2.57. The highest BCUT2D eigenvalue weighted by Gasteiger charge is 2.18. The van der Waals surface area contributed by atoms with Crippen LogP contribution in [0.15, 0.2) is 27.5 Å². The van der Waals surface area contributed by atoms with Gasteiger partial charge in [-0.3, -0.25) is 0 Å². The van der Waals surface area contributed by atoms with Crippen LogP contribution in [-0.2, 0) is 0 Å². The number of aromatic amines is 1. The molecule has 2 aromatic rings. The van der Waals surface area contributed by atoms with E-state index in [1.54, 1.807) is 18.2 Å². The first kappa shape index (κ1) is 14.3. The summed E-state index contributed by atoms with van der Waals surface area (Å²) in [5.41, 5.74) is 0.293. The first-order chi connectivity index (χ1) is 9.43.